The molecule has 1 nitrogen and oxygen atoms in total. The second kappa shape index (κ2) is 3.70. The van der Waals surface area contributed by atoms with Gasteiger partial charge in [0, 0.05) is 28.4 Å². The Kier molecular flexibility index (Phi) is 2.98. The van der Waals surface area contributed by atoms with Crippen molar-refractivity contribution in [3.8, 4) is 12.3 Å². The van der Waals surface area contributed by atoms with Crippen LogP contribution in [0.25, 0.3) is 0 Å². The molecule has 0 unspecified atom stereocenters. The van der Waals surface area contributed by atoms with Crippen molar-refractivity contribution in [2.24, 2.45) is 0 Å². The van der Waals surface area contributed by atoms with Crippen LogP contribution in [0.2, 0.25) is 0 Å². The fourth-order valence-electron chi connectivity index (χ4n) is 2.08. The zero-order chi connectivity index (χ0) is 12.7. The third kappa shape index (κ3) is 2.16. The van der Waals surface area contributed by atoms with Crippen LogP contribution < -0.4 is 0 Å². The van der Waals surface area contributed by atoms with Gasteiger partial charge >= 0.3 is 0 Å². The van der Waals surface area contributed by atoms with Gasteiger partial charge in [-0.2, -0.15) is 0 Å². The molecule has 0 aromatic carbocycles. The van der Waals surface area contributed by atoms with Crippen molar-refractivity contribution in [3.05, 3.63) is 23.0 Å². The lowest BCUT2D eigenvalue weighted by Crippen LogP contribution is -2.29. The number of hydrogen-bond acceptors (Lipinski definition) is 0. The minimum Gasteiger partial charge on any atom is -0.344 e. The highest BCUT2D eigenvalue weighted by atomic mass is 15.1. The fraction of sp³-hybridized carbons (Fsp3) is 0.600. The molecule has 0 amide bonds. The van der Waals surface area contributed by atoms with E-state index in [9.17, 15) is 0 Å². The molecular formula is C15H23N. The number of hydrogen-bond donors (Lipinski definition) is 0. The average molecular weight is 217 g/mol. The van der Waals surface area contributed by atoms with E-state index in [-0.39, 0.29) is 11.0 Å². The van der Waals surface area contributed by atoms with Gasteiger partial charge in [0.05, 0.1) is 0 Å². The summed E-state index contributed by atoms with van der Waals surface area (Å²) >= 11 is 0. The lowest BCUT2D eigenvalue weighted by atomic mass is 9.87. The monoisotopic (exact) mass is 217 g/mol. The zero-order valence-electron chi connectivity index (χ0n) is 11.6. The maximum Gasteiger partial charge on any atom is 0.0486 e. The van der Waals surface area contributed by atoms with E-state index in [1.165, 1.54) is 11.3 Å². The Hall–Kier alpha value is -1.16. The molecule has 1 aromatic rings. The van der Waals surface area contributed by atoms with E-state index in [2.05, 4.69) is 65.2 Å². The van der Waals surface area contributed by atoms with E-state index in [1.807, 2.05) is 0 Å². The van der Waals surface area contributed by atoms with Gasteiger partial charge in [-0.1, -0.05) is 26.7 Å². The van der Waals surface area contributed by atoms with E-state index in [0.29, 0.717) is 0 Å². The first kappa shape index (κ1) is 12.9. The standard InChI is InChI=1S/C15H23N/c1-9-12-11(2)10-16(15(6,7)8)13(12)14(3,4)5/h1,10H,2-8H3. The van der Waals surface area contributed by atoms with Crippen LogP contribution in [0.15, 0.2) is 6.20 Å². The predicted molar refractivity (Wildman–Crippen MR) is 70.8 cm³/mol. The smallest absolute Gasteiger partial charge is 0.0486 e. The van der Waals surface area contributed by atoms with E-state index in [4.69, 9.17) is 6.42 Å². The van der Waals surface area contributed by atoms with Crippen molar-refractivity contribution >= 4 is 0 Å². The van der Waals surface area contributed by atoms with Crippen LogP contribution in [0, 0.1) is 19.3 Å². The molecular weight excluding hydrogens is 194 g/mol. The Balaban J connectivity index is 3.61. The van der Waals surface area contributed by atoms with Crippen molar-refractivity contribution in [1.29, 1.82) is 0 Å². The van der Waals surface area contributed by atoms with Crippen LogP contribution in [0.1, 0.15) is 58.4 Å². The molecule has 1 heteroatoms. The van der Waals surface area contributed by atoms with E-state index in [0.717, 1.165) is 5.56 Å². The molecule has 0 aliphatic rings. The minimum atomic E-state index is 0.0719. The first-order valence-electron chi connectivity index (χ1n) is 5.78. The highest BCUT2D eigenvalue weighted by Crippen LogP contribution is 2.33. The summed E-state index contributed by atoms with van der Waals surface area (Å²) in [5.74, 6) is 2.84. The molecule has 1 rings (SSSR count). The molecule has 0 saturated heterocycles. The summed E-state index contributed by atoms with van der Waals surface area (Å²) < 4.78 is 2.32. The third-order valence-corrected chi connectivity index (χ3v) is 2.77. The van der Waals surface area contributed by atoms with Crippen LogP contribution in [0.5, 0.6) is 0 Å². The summed E-state index contributed by atoms with van der Waals surface area (Å²) in [4.78, 5) is 0. The highest BCUT2D eigenvalue weighted by Gasteiger charge is 2.28. The third-order valence-electron chi connectivity index (χ3n) is 2.77. The molecule has 0 fully saturated rings. The highest BCUT2D eigenvalue weighted by molar-refractivity contribution is 5.47. The molecule has 88 valence electrons. The molecule has 0 N–H and O–H groups in total. The zero-order valence-corrected chi connectivity index (χ0v) is 11.6. The second-order valence-corrected chi connectivity index (χ2v) is 6.47. The molecule has 0 radical (unpaired) electrons. The lowest BCUT2D eigenvalue weighted by Gasteiger charge is -2.30. The van der Waals surface area contributed by atoms with Gasteiger partial charge in [-0.25, -0.2) is 0 Å². The Morgan fingerprint density at radius 3 is 1.94 bits per heavy atom. The molecule has 1 heterocycles. The summed E-state index contributed by atoms with van der Waals surface area (Å²) in [6.07, 6.45) is 7.82. The average Bonchev–Trinajstić information content (AvgIpc) is 2.40. The number of aromatic nitrogens is 1. The number of aryl methyl sites for hydroxylation is 1. The topological polar surface area (TPSA) is 4.93 Å². The van der Waals surface area contributed by atoms with E-state index >= 15 is 0 Å². The molecule has 0 saturated carbocycles. The van der Waals surface area contributed by atoms with Crippen LogP contribution in [-0.2, 0) is 11.0 Å². The molecule has 0 aliphatic heterocycles. The minimum absolute atomic E-state index is 0.0719. The number of terminal acetylenes is 1. The summed E-state index contributed by atoms with van der Waals surface area (Å²) in [5, 5.41) is 0. The van der Waals surface area contributed by atoms with Gasteiger partial charge in [0.15, 0.2) is 0 Å². The molecule has 0 spiro atoms. The van der Waals surface area contributed by atoms with Crippen LogP contribution >= 0.6 is 0 Å². The van der Waals surface area contributed by atoms with Gasteiger partial charge < -0.3 is 4.57 Å². The summed E-state index contributed by atoms with van der Waals surface area (Å²) in [6, 6.07) is 0. The van der Waals surface area contributed by atoms with Gasteiger partial charge in [0.1, 0.15) is 0 Å². The van der Waals surface area contributed by atoms with Gasteiger partial charge in [0.2, 0.25) is 0 Å². The van der Waals surface area contributed by atoms with Crippen LogP contribution in [0.3, 0.4) is 0 Å². The van der Waals surface area contributed by atoms with Gasteiger partial charge in [-0.3, -0.25) is 0 Å². The quantitative estimate of drug-likeness (QED) is 0.582. The van der Waals surface area contributed by atoms with Crippen molar-refractivity contribution in [1.82, 2.24) is 4.57 Å². The van der Waals surface area contributed by atoms with Crippen molar-refractivity contribution in [2.75, 3.05) is 0 Å². The Morgan fingerprint density at radius 1 is 1.12 bits per heavy atom. The maximum absolute atomic E-state index is 5.64. The Labute approximate surface area is 99.9 Å². The molecule has 16 heavy (non-hydrogen) atoms. The number of rotatable bonds is 0. The maximum atomic E-state index is 5.64. The first-order valence-corrected chi connectivity index (χ1v) is 5.78. The SMILES string of the molecule is C#Cc1c(C)cn(C(C)(C)C)c1C(C)(C)C. The van der Waals surface area contributed by atoms with Gasteiger partial charge in [-0.15, -0.1) is 6.42 Å². The molecule has 0 atom stereocenters. The Morgan fingerprint density at radius 2 is 1.62 bits per heavy atom. The van der Waals surface area contributed by atoms with Crippen LogP contribution in [-0.4, -0.2) is 4.57 Å². The lowest BCUT2D eigenvalue weighted by molar-refractivity contribution is 0.360. The van der Waals surface area contributed by atoms with Gasteiger partial charge in [0.25, 0.3) is 0 Å². The van der Waals surface area contributed by atoms with E-state index < -0.39 is 0 Å². The number of nitrogens with zero attached hydrogens (tertiary/aromatic N) is 1. The molecule has 0 bridgehead atoms. The normalized spacial score (nSPS) is 12.6. The summed E-state index contributed by atoms with van der Waals surface area (Å²) in [6.45, 7) is 15.4. The molecule has 0 aliphatic carbocycles. The second-order valence-electron chi connectivity index (χ2n) is 6.47. The van der Waals surface area contributed by atoms with Crippen LogP contribution in [0.4, 0.5) is 0 Å². The van der Waals surface area contributed by atoms with E-state index in [1.54, 1.807) is 0 Å². The van der Waals surface area contributed by atoms with Crippen molar-refractivity contribution in [3.63, 3.8) is 0 Å². The summed E-state index contributed by atoms with van der Waals surface area (Å²) in [7, 11) is 0. The predicted octanol–water partition coefficient (Wildman–Crippen LogP) is 3.83. The molecule has 1 aromatic heterocycles. The Bertz CT molecular complexity index is 428. The summed E-state index contributed by atoms with van der Waals surface area (Å²) in [5.41, 5.74) is 3.66. The first-order chi connectivity index (χ1) is 7.09. The fourth-order valence-corrected chi connectivity index (χ4v) is 2.08. The van der Waals surface area contributed by atoms with Crippen molar-refractivity contribution < 1.29 is 0 Å². The largest absolute Gasteiger partial charge is 0.344 e. The van der Waals surface area contributed by atoms with Crippen molar-refractivity contribution in [2.45, 2.75) is 59.4 Å². The van der Waals surface area contributed by atoms with Gasteiger partial charge in [-0.05, 0) is 33.3 Å².